The number of benzene rings is 2. The van der Waals surface area contributed by atoms with Gasteiger partial charge in [0.1, 0.15) is 0 Å². The highest BCUT2D eigenvalue weighted by molar-refractivity contribution is 7.90. The molecular weight excluding hydrogens is 458 g/mol. The third-order valence-corrected chi connectivity index (χ3v) is 6.53. The lowest BCUT2D eigenvalue weighted by atomic mass is 9.90. The number of anilines is 1. The van der Waals surface area contributed by atoms with Crippen LogP contribution in [0, 0.1) is 0 Å². The van der Waals surface area contributed by atoms with Crippen molar-refractivity contribution in [2.75, 3.05) is 5.32 Å². The van der Waals surface area contributed by atoms with Crippen LogP contribution in [0.5, 0.6) is 0 Å². The fraction of sp³-hybridized carbons (Fsp3) is 0.333. The Morgan fingerprint density at radius 2 is 1.21 bits per heavy atom. The zero-order valence-electron chi connectivity index (χ0n) is 20.0. The smallest absolute Gasteiger partial charge is 0.333 e. The van der Waals surface area contributed by atoms with Gasteiger partial charge >= 0.3 is 6.03 Å². The summed E-state index contributed by atoms with van der Waals surface area (Å²) in [6.07, 6.45) is 0. The van der Waals surface area contributed by atoms with Gasteiger partial charge in [0.05, 0.1) is 4.90 Å². The second kappa shape index (κ2) is 10.2. The van der Waals surface area contributed by atoms with Crippen molar-refractivity contribution in [3.8, 4) is 0 Å². The molecule has 0 heterocycles. The SMILES string of the molecule is CC(=O)c1cc(C(C)=O)cc(S(=O)(=O)NC(=O)Nc2c(C(C)C)cc(C(N)=O)cc2C(C)C)c1. The highest BCUT2D eigenvalue weighted by Gasteiger charge is 2.24. The molecule has 4 N–H and O–H groups in total. The zero-order chi connectivity index (χ0) is 26.0. The van der Waals surface area contributed by atoms with E-state index >= 15 is 0 Å². The number of ketones is 2. The second-order valence-electron chi connectivity index (χ2n) is 8.62. The summed E-state index contributed by atoms with van der Waals surface area (Å²) in [7, 11) is -4.42. The second-order valence-corrected chi connectivity index (χ2v) is 10.3. The fourth-order valence-corrected chi connectivity index (χ4v) is 4.34. The molecule has 9 nitrogen and oxygen atoms in total. The standard InChI is InChI=1S/C24H29N3O6S/c1-12(2)20-10-18(23(25)30)11-21(13(3)4)22(20)26-24(31)27-34(32,33)19-8-16(14(5)28)7-17(9-19)15(6)29/h7-13H,1-6H3,(H2,25,30)(H2,26,27,31). The molecule has 2 rings (SSSR count). The largest absolute Gasteiger partial charge is 0.366 e. The number of hydrogen-bond acceptors (Lipinski definition) is 6. The van der Waals surface area contributed by atoms with E-state index in [-0.39, 0.29) is 28.5 Å². The van der Waals surface area contributed by atoms with Gasteiger partial charge in [-0.05, 0) is 67.1 Å². The van der Waals surface area contributed by atoms with Gasteiger partial charge in [-0.3, -0.25) is 14.4 Å². The molecule has 10 heteroatoms. The van der Waals surface area contributed by atoms with Crippen molar-refractivity contribution < 1.29 is 27.6 Å². The lowest BCUT2D eigenvalue weighted by Gasteiger charge is -2.21. The van der Waals surface area contributed by atoms with Gasteiger partial charge in [-0.15, -0.1) is 0 Å². The highest BCUT2D eigenvalue weighted by atomic mass is 32.2. The Hall–Kier alpha value is -3.53. The van der Waals surface area contributed by atoms with Crippen LogP contribution in [0.25, 0.3) is 0 Å². The Morgan fingerprint density at radius 3 is 1.56 bits per heavy atom. The van der Waals surface area contributed by atoms with Crippen LogP contribution < -0.4 is 15.8 Å². The molecule has 182 valence electrons. The van der Waals surface area contributed by atoms with Gasteiger partial charge in [0.25, 0.3) is 10.0 Å². The maximum absolute atomic E-state index is 12.9. The van der Waals surface area contributed by atoms with Crippen LogP contribution in [0.2, 0.25) is 0 Å². The number of carbonyl (C=O) groups is 4. The van der Waals surface area contributed by atoms with Crippen molar-refractivity contribution in [1.82, 2.24) is 4.72 Å². The Kier molecular flexibility index (Phi) is 7.99. The van der Waals surface area contributed by atoms with Gasteiger partial charge in [-0.2, -0.15) is 0 Å². The van der Waals surface area contributed by atoms with Crippen molar-refractivity contribution in [3.05, 3.63) is 58.1 Å². The predicted molar refractivity (Wildman–Crippen MR) is 129 cm³/mol. The molecule has 0 saturated heterocycles. The molecule has 0 radical (unpaired) electrons. The van der Waals surface area contributed by atoms with Crippen LogP contribution in [0.15, 0.2) is 35.2 Å². The van der Waals surface area contributed by atoms with Crippen molar-refractivity contribution in [2.24, 2.45) is 5.73 Å². The summed E-state index contributed by atoms with van der Waals surface area (Å²) in [6, 6.07) is 5.61. The molecule has 0 saturated carbocycles. The molecule has 0 atom stereocenters. The van der Waals surface area contributed by atoms with E-state index in [4.69, 9.17) is 5.73 Å². The molecule has 2 aromatic carbocycles. The first-order valence-corrected chi connectivity index (χ1v) is 12.1. The van der Waals surface area contributed by atoms with E-state index in [2.05, 4.69) is 5.32 Å². The molecule has 34 heavy (non-hydrogen) atoms. The van der Waals surface area contributed by atoms with Crippen LogP contribution >= 0.6 is 0 Å². The number of amides is 3. The molecule has 0 aliphatic rings. The number of hydrogen-bond donors (Lipinski definition) is 3. The quantitative estimate of drug-likeness (QED) is 0.479. The van der Waals surface area contributed by atoms with Crippen LogP contribution in [-0.2, 0) is 10.0 Å². The Labute approximate surface area is 199 Å². The van der Waals surface area contributed by atoms with Gasteiger partial charge in [-0.1, -0.05) is 27.7 Å². The summed E-state index contributed by atoms with van der Waals surface area (Å²) in [5.41, 5.74) is 7.40. The van der Waals surface area contributed by atoms with Crippen LogP contribution in [0.1, 0.15) is 95.6 Å². The maximum Gasteiger partial charge on any atom is 0.333 e. The number of urea groups is 1. The Balaban J connectivity index is 2.49. The number of rotatable bonds is 8. The molecule has 2 aromatic rings. The average molecular weight is 488 g/mol. The first-order valence-electron chi connectivity index (χ1n) is 10.6. The lowest BCUT2D eigenvalue weighted by molar-refractivity contribution is 0.0993. The number of nitrogens with two attached hydrogens (primary N) is 1. The Bertz CT molecular complexity index is 1220. The fourth-order valence-electron chi connectivity index (χ4n) is 3.37. The number of Topliss-reactive ketones (excluding diaryl/α,β-unsaturated/α-hetero) is 2. The molecule has 0 unspecified atom stereocenters. The van der Waals surface area contributed by atoms with Gasteiger partial charge in [0.15, 0.2) is 11.6 Å². The van der Waals surface area contributed by atoms with Gasteiger partial charge < -0.3 is 11.1 Å². The van der Waals surface area contributed by atoms with E-state index in [1.807, 2.05) is 32.4 Å². The third kappa shape index (κ3) is 6.07. The van der Waals surface area contributed by atoms with Crippen LogP contribution in [0.4, 0.5) is 10.5 Å². The maximum atomic E-state index is 12.9. The van der Waals surface area contributed by atoms with Crippen LogP contribution in [0.3, 0.4) is 0 Å². The summed E-state index contributed by atoms with van der Waals surface area (Å²) in [6.45, 7) is 9.93. The third-order valence-electron chi connectivity index (χ3n) is 5.22. The minimum absolute atomic E-state index is 0.0275. The normalized spacial score (nSPS) is 11.4. The van der Waals surface area contributed by atoms with E-state index in [9.17, 15) is 27.6 Å². The summed E-state index contributed by atoms with van der Waals surface area (Å²) >= 11 is 0. The molecule has 0 fully saturated rings. The van der Waals surface area contributed by atoms with Gasteiger partial charge in [0, 0.05) is 22.4 Å². The molecule has 0 spiro atoms. The molecule has 0 aromatic heterocycles. The molecular formula is C24H29N3O6S. The van der Waals surface area contributed by atoms with E-state index < -0.39 is 38.4 Å². The topological polar surface area (TPSA) is 152 Å². The van der Waals surface area contributed by atoms with E-state index in [0.717, 1.165) is 12.1 Å². The summed E-state index contributed by atoms with van der Waals surface area (Å²) < 4.78 is 27.7. The number of nitrogens with one attached hydrogen (secondary N) is 2. The first-order chi connectivity index (χ1) is 15.6. The minimum atomic E-state index is -4.42. The van der Waals surface area contributed by atoms with Crippen LogP contribution in [-0.4, -0.2) is 31.9 Å². The van der Waals surface area contributed by atoms with Gasteiger partial charge in [0.2, 0.25) is 5.91 Å². The monoisotopic (exact) mass is 487 g/mol. The van der Waals surface area contributed by atoms with Crippen molar-refractivity contribution >= 4 is 39.2 Å². The zero-order valence-corrected chi connectivity index (χ0v) is 20.8. The average Bonchev–Trinajstić information content (AvgIpc) is 2.72. The van der Waals surface area contributed by atoms with Crippen molar-refractivity contribution in [3.63, 3.8) is 0 Å². The van der Waals surface area contributed by atoms with E-state index in [1.54, 1.807) is 12.1 Å². The molecule has 0 bridgehead atoms. The highest BCUT2D eigenvalue weighted by Crippen LogP contribution is 2.34. The summed E-state index contributed by atoms with van der Waals surface area (Å²) in [4.78, 5) is 47.8. The molecule has 3 amide bonds. The summed E-state index contributed by atoms with van der Waals surface area (Å²) in [5, 5.41) is 2.59. The molecule has 0 aliphatic heterocycles. The number of sulfonamides is 1. The van der Waals surface area contributed by atoms with E-state index in [0.29, 0.717) is 16.8 Å². The van der Waals surface area contributed by atoms with Crippen molar-refractivity contribution in [1.29, 1.82) is 0 Å². The summed E-state index contributed by atoms with van der Waals surface area (Å²) in [5.74, 6) is -1.71. The number of carbonyl (C=O) groups excluding carboxylic acids is 4. The van der Waals surface area contributed by atoms with E-state index in [1.165, 1.54) is 19.9 Å². The molecule has 0 aliphatic carbocycles. The number of primary amides is 1. The van der Waals surface area contributed by atoms with Crippen molar-refractivity contribution in [2.45, 2.75) is 58.3 Å². The Morgan fingerprint density at radius 1 is 0.765 bits per heavy atom. The lowest BCUT2D eigenvalue weighted by Crippen LogP contribution is -2.35. The predicted octanol–water partition coefficient (Wildman–Crippen LogP) is 3.95. The first kappa shape index (κ1) is 26.7. The van der Waals surface area contributed by atoms with Gasteiger partial charge in [-0.25, -0.2) is 17.9 Å². The minimum Gasteiger partial charge on any atom is -0.366 e.